The molecular weight excluding hydrogens is 364 g/mol. The van der Waals surface area contributed by atoms with Crippen molar-refractivity contribution < 1.29 is 32.0 Å². The second-order valence-corrected chi connectivity index (χ2v) is 6.53. The van der Waals surface area contributed by atoms with Crippen LogP contribution in [-0.2, 0) is 11.3 Å². The number of quaternary nitrogens is 1. The first kappa shape index (κ1) is 19.2. The molecule has 2 N–H and O–H groups in total. The molecule has 1 fully saturated rings. The van der Waals surface area contributed by atoms with Gasteiger partial charge < -0.3 is 15.0 Å². The van der Waals surface area contributed by atoms with Crippen LogP contribution >= 0.6 is 0 Å². The van der Waals surface area contributed by atoms with Crippen molar-refractivity contribution in [2.24, 2.45) is 0 Å². The Morgan fingerprint density at radius 1 is 1.07 bits per heavy atom. The molecule has 1 atom stereocenters. The van der Waals surface area contributed by atoms with Crippen molar-refractivity contribution >= 4 is 11.6 Å². The zero-order valence-electron chi connectivity index (χ0n) is 14.4. The summed E-state index contributed by atoms with van der Waals surface area (Å²) in [5.74, 6) is -0.882. The minimum Gasteiger partial charge on any atom is -0.406 e. The van der Waals surface area contributed by atoms with Crippen molar-refractivity contribution in [1.82, 2.24) is 0 Å². The van der Waals surface area contributed by atoms with Gasteiger partial charge in [0.1, 0.15) is 18.1 Å². The highest BCUT2D eigenvalue weighted by Gasteiger charge is 2.34. The number of halogens is 4. The van der Waals surface area contributed by atoms with E-state index in [1.807, 2.05) is 0 Å². The van der Waals surface area contributed by atoms with Crippen molar-refractivity contribution in [3.05, 3.63) is 59.9 Å². The van der Waals surface area contributed by atoms with Gasteiger partial charge in [-0.1, -0.05) is 12.1 Å². The molecular formula is C19H19F4N2O2+. The van der Waals surface area contributed by atoms with Gasteiger partial charge in [0.25, 0.3) is 5.91 Å². The van der Waals surface area contributed by atoms with E-state index in [2.05, 4.69) is 10.1 Å². The molecule has 1 unspecified atom stereocenters. The third-order valence-electron chi connectivity index (χ3n) is 4.26. The number of amides is 1. The maximum Gasteiger partial charge on any atom is 0.573 e. The van der Waals surface area contributed by atoms with E-state index in [-0.39, 0.29) is 24.0 Å². The molecule has 0 radical (unpaired) electrons. The van der Waals surface area contributed by atoms with Gasteiger partial charge in [0.15, 0.2) is 6.54 Å². The van der Waals surface area contributed by atoms with E-state index < -0.39 is 6.36 Å². The summed E-state index contributed by atoms with van der Waals surface area (Å²) in [5, 5.41) is 2.68. The first-order valence-electron chi connectivity index (χ1n) is 8.53. The van der Waals surface area contributed by atoms with Gasteiger partial charge in [-0.25, -0.2) is 4.39 Å². The van der Waals surface area contributed by atoms with E-state index in [0.29, 0.717) is 18.3 Å². The van der Waals surface area contributed by atoms with Crippen LogP contribution in [0.1, 0.15) is 18.4 Å². The molecule has 2 aromatic rings. The van der Waals surface area contributed by atoms with Gasteiger partial charge in [0, 0.05) is 24.1 Å². The minimum absolute atomic E-state index is 0.225. The summed E-state index contributed by atoms with van der Waals surface area (Å²) in [4.78, 5) is 13.4. The number of anilines is 1. The van der Waals surface area contributed by atoms with E-state index in [0.717, 1.165) is 35.4 Å². The van der Waals surface area contributed by atoms with Crippen LogP contribution in [0.4, 0.5) is 23.2 Å². The highest BCUT2D eigenvalue weighted by Crippen LogP contribution is 2.24. The number of hydrogen-bond acceptors (Lipinski definition) is 2. The lowest BCUT2D eigenvalue weighted by atomic mass is 10.2. The molecule has 1 aliphatic carbocycles. The molecule has 0 heterocycles. The Morgan fingerprint density at radius 2 is 1.70 bits per heavy atom. The van der Waals surface area contributed by atoms with Gasteiger partial charge in [-0.3, -0.25) is 4.79 Å². The van der Waals surface area contributed by atoms with Gasteiger partial charge in [0.05, 0.1) is 6.04 Å². The maximum atomic E-state index is 13.0. The largest absolute Gasteiger partial charge is 0.573 e. The molecule has 144 valence electrons. The Balaban J connectivity index is 1.55. The summed E-state index contributed by atoms with van der Waals surface area (Å²) in [6.07, 6.45) is -2.68. The highest BCUT2D eigenvalue weighted by molar-refractivity contribution is 5.91. The summed E-state index contributed by atoms with van der Waals surface area (Å²) >= 11 is 0. The second-order valence-electron chi connectivity index (χ2n) is 6.53. The van der Waals surface area contributed by atoms with Gasteiger partial charge in [0.2, 0.25) is 0 Å². The molecule has 8 heteroatoms. The molecule has 0 aliphatic heterocycles. The number of nitrogens with one attached hydrogen (secondary N) is 2. The van der Waals surface area contributed by atoms with Crippen LogP contribution < -0.4 is 15.0 Å². The third kappa shape index (κ3) is 6.25. The predicted octanol–water partition coefficient (Wildman–Crippen LogP) is 2.91. The number of alkyl halides is 3. The standard InChI is InChI=1S/C19H18F4N2O2/c20-14-3-1-13(2-4-14)11-25(16-7-8-16)12-18(26)24-15-5-9-17(10-6-15)27-19(21,22)23/h1-6,9-10,16H,7-8,11-12H2,(H,24,26)/p+1. The SMILES string of the molecule is O=C(C[NH+](Cc1ccc(F)cc1)C1CC1)Nc1ccc(OC(F)(F)F)cc1. The van der Waals surface area contributed by atoms with Crippen LogP contribution in [0, 0.1) is 5.82 Å². The van der Waals surface area contributed by atoms with Crippen LogP contribution in [0.3, 0.4) is 0 Å². The molecule has 4 nitrogen and oxygen atoms in total. The second kappa shape index (κ2) is 7.96. The van der Waals surface area contributed by atoms with Crippen LogP contribution in [0.15, 0.2) is 48.5 Å². The Kier molecular flexibility index (Phi) is 5.65. The van der Waals surface area contributed by atoms with Crippen molar-refractivity contribution in [1.29, 1.82) is 0 Å². The highest BCUT2D eigenvalue weighted by atomic mass is 19.4. The number of carbonyl (C=O) groups is 1. The van der Waals surface area contributed by atoms with E-state index >= 15 is 0 Å². The molecule has 0 saturated heterocycles. The molecule has 0 aromatic heterocycles. The lowest BCUT2D eigenvalue weighted by Gasteiger charge is -2.19. The Bertz CT molecular complexity index is 772. The van der Waals surface area contributed by atoms with E-state index in [9.17, 15) is 22.4 Å². The molecule has 27 heavy (non-hydrogen) atoms. The predicted molar refractivity (Wildman–Crippen MR) is 90.7 cm³/mol. The molecule has 3 rings (SSSR count). The number of carbonyl (C=O) groups excluding carboxylic acids is 1. The van der Waals surface area contributed by atoms with Crippen LogP contribution in [0.5, 0.6) is 5.75 Å². The van der Waals surface area contributed by atoms with Gasteiger partial charge in [-0.05, 0) is 36.4 Å². The summed E-state index contributed by atoms with van der Waals surface area (Å²) in [6.45, 7) is 0.833. The number of hydrogen-bond donors (Lipinski definition) is 2. The maximum absolute atomic E-state index is 13.0. The number of benzene rings is 2. The van der Waals surface area contributed by atoms with Crippen molar-refractivity contribution in [3.63, 3.8) is 0 Å². The summed E-state index contributed by atoms with van der Waals surface area (Å²) in [6, 6.07) is 11.6. The lowest BCUT2D eigenvalue weighted by Crippen LogP contribution is -3.13. The quantitative estimate of drug-likeness (QED) is 0.722. The first-order chi connectivity index (χ1) is 12.8. The minimum atomic E-state index is -4.75. The smallest absolute Gasteiger partial charge is 0.406 e. The number of ether oxygens (including phenoxy) is 1. The fraction of sp³-hybridized carbons (Fsp3) is 0.316. The van der Waals surface area contributed by atoms with Crippen LogP contribution in [0.2, 0.25) is 0 Å². The van der Waals surface area contributed by atoms with Gasteiger partial charge in [-0.15, -0.1) is 13.2 Å². The van der Waals surface area contributed by atoms with E-state index in [1.54, 1.807) is 12.1 Å². The zero-order chi connectivity index (χ0) is 19.4. The van der Waals surface area contributed by atoms with Gasteiger partial charge in [-0.2, -0.15) is 0 Å². The Morgan fingerprint density at radius 3 is 2.26 bits per heavy atom. The average molecular weight is 383 g/mol. The third-order valence-corrected chi connectivity index (χ3v) is 4.26. The molecule has 1 aliphatic rings. The summed E-state index contributed by atoms with van der Waals surface area (Å²) in [7, 11) is 0. The number of rotatable bonds is 7. The Hall–Kier alpha value is -2.61. The fourth-order valence-electron chi connectivity index (χ4n) is 2.86. The van der Waals surface area contributed by atoms with Crippen LogP contribution in [0.25, 0.3) is 0 Å². The Labute approximate surface area is 153 Å². The topological polar surface area (TPSA) is 42.8 Å². The first-order valence-corrected chi connectivity index (χ1v) is 8.53. The average Bonchev–Trinajstić information content (AvgIpc) is 3.42. The van der Waals surface area contributed by atoms with Crippen molar-refractivity contribution in [2.45, 2.75) is 31.8 Å². The van der Waals surface area contributed by atoms with Crippen molar-refractivity contribution in [2.75, 3.05) is 11.9 Å². The van der Waals surface area contributed by atoms with Crippen molar-refractivity contribution in [3.8, 4) is 5.75 Å². The van der Waals surface area contributed by atoms with E-state index in [1.165, 1.54) is 24.3 Å². The molecule has 1 saturated carbocycles. The molecule has 0 bridgehead atoms. The zero-order valence-corrected chi connectivity index (χ0v) is 14.4. The summed E-state index contributed by atoms with van der Waals surface area (Å²) < 4.78 is 53.3. The molecule has 2 aromatic carbocycles. The van der Waals surface area contributed by atoms with E-state index in [4.69, 9.17) is 0 Å². The fourth-order valence-corrected chi connectivity index (χ4v) is 2.86. The molecule has 1 amide bonds. The summed E-state index contributed by atoms with van der Waals surface area (Å²) in [5.41, 5.74) is 1.34. The monoisotopic (exact) mass is 383 g/mol. The lowest BCUT2D eigenvalue weighted by molar-refractivity contribution is -0.916. The van der Waals surface area contributed by atoms with Gasteiger partial charge >= 0.3 is 6.36 Å². The van der Waals surface area contributed by atoms with Crippen LogP contribution in [-0.4, -0.2) is 24.9 Å². The normalized spacial score (nSPS) is 15.3. The molecule has 0 spiro atoms.